The van der Waals surface area contributed by atoms with Gasteiger partial charge in [0.2, 0.25) is 5.91 Å². The summed E-state index contributed by atoms with van der Waals surface area (Å²) in [4.78, 5) is 40.8. The molecule has 0 N–H and O–H groups in total. The Balaban J connectivity index is 2.39. The second kappa shape index (κ2) is 11.7. The standard InChI is InChI=1S/C24H36N2O4/c1-5-7-9-11-13-25(19(4)28)20-15-21(18(3)27)24-22(16-20)26(23(29)17-30-24)14-12-10-8-6-2/h15-16H,5-14,17H2,1-4H3. The Morgan fingerprint density at radius 2 is 1.67 bits per heavy atom. The molecule has 6 heteroatoms. The average Bonchev–Trinajstić information content (AvgIpc) is 2.71. The van der Waals surface area contributed by atoms with E-state index in [0.29, 0.717) is 35.8 Å². The molecule has 0 aromatic heterocycles. The lowest BCUT2D eigenvalue weighted by molar-refractivity contribution is -0.121. The Bertz CT molecular complexity index is 760. The summed E-state index contributed by atoms with van der Waals surface area (Å²) in [6.07, 6.45) is 8.39. The number of carbonyl (C=O) groups is 3. The summed E-state index contributed by atoms with van der Waals surface area (Å²) in [5, 5.41) is 0. The van der Waals surface area contributed by atoms with Crippen LogP contribution < -0.4 is 14.5 Å². The first kappa shape index (κ1) is 23.9. The molecule has 0 saturated heterocycles. The van der Waals surface area contributed by atoms with Gasteiger partial charge in [-0.3, -0.25) is 14.4 Å². The first-order valence-electron chi connectivity index (χ1n) is 11.3. The van der Waals surface area contributed by atoms with Crippen LogP contribution in [0.5, 0.6) is 5.75 Å². The summed E-state index contributed by atoms with van der Waals surface area (Å²) in [6.45, 7) is 8.45. The van der Waals surface area contributed by atoms with Crippen LogP contribution in [0.2, 0.25) is 0 Å². The van der Waals surface area contributed by atoms with Crippen molar-refractivity contribution in [2.24, 2.45) is 0 Å². The van der Waals surface area contributed by atoms with Crippen molar-refractivity contribution in [1.82, 2.24) is 0 Å². The smallest absolute Gasteiger partial charge is 0.265 e. The molecule has 1 heterocycles. The molecule has 0 atom stereocenters. The van der Waals surface area contributed by atoms with Crippen molar-refractivity contribution >= 4 is 29.0 Å². The minimum Gasteiger partial charge on any atom is -0.481 e. The van der Waals surface area contributed by atoms with E-state index in [0.717, 1.165) is 51.4 Å². The van der Waals surface area contributed by atoms with Crippen molar-refractivity contribution in [2.75, 3.05) is 29.5 Å². The Morgan fingerprint density at radius 1 is 1.00 bits per heavy atom. The minimum atomic E-state index is -0.136. The second-order valence-corrected chi connectivity index (χ2v) is 8.02. The summed E-state index contributed by atoms with van der Waals surface area (Å²) < 4.78 is 5.68. The third-order valence-electron chi connectivity index (χ3n) is 5.53. The predicted molar refractivity (Wildman–Crippen MR) is 121 cm³/mol. The number of carbonyl (C=O) groups excluding carboxylic acids is 3. The zero-order chi connectivity index (χ0) is 22.1. The van der Waals surface area contributed by atoms with Crippen LogP contribution in [0.25, 0.3) is 0 Å². The van der Waals surface area contributed by atoms with Crippen molar-refractivity contribution in [3.63, 3.8) is 0 Å². The number of ether oxygens (including phenoxy) is 1. The van der Waals surface area contributed by atoms with Gasteiger partial charge in [-0.1, -0.05) is 52.4 Å². The molecule has 6 nitrogen and oxygen atoms in total. The topological polar surface area (TPSA) is 66.9 Å². The third kappa shape index (κ3) is 6.07. The second-order valence-electron chi connectivity index (χ2n) is 8.02. The maximum atomic E-state index is 12.6. The van der Waals surface area contributed by atoms with Crippen molar-refractivity contribution in [3.05, 3.63) is 17.7 Å². The molecule has 1 aromatic rings. The van der Waals surface area contributed by atoms with Crippen LogP contribution in [-0.2, 0) is 9.59 Å². The molecular formula is C24H36N2O4. The van der Waals surface area contributed by atoms with Gasteiger partial charge in [0.1, 0.15) is 0 Å². The molecule has 0 saturated carbocycles. The molecule has 0 aliphatic carbocycles. The summed E-state index contributed by atoms with van der Waals surface area (Å²) in [5.41, 5.74) is 1.68. The molecule has 0 spiro atoms. The average molecular weight is 417 g/mol. The van der Waals surface area contributed by atoms with E-state index in [1.54, 1.807) is 15.9 Å². The lowest BCUT2D eigenvalue weighted by Gasteiger charge is -2.32. The van der Waals surface area contributed by atoms with Crippen LogP contribution in [0.1, 0.15) is 89.4 Å². The fourth-order valence-corrected chi connectivity index (χ4v) is 3.82. The predicted octanol–water partition coefficient (Wildman–Crippen LogP) is 5.13. The van der Waals surface area contributed by atoms with Crippen LogP contribution >= 0.6 is 0 Å². The minimum absolute atomic E-state index is 0.0617. The van der Waals surface area contributed by atoms with Crippen molar-refractivity contribution in [1.29, 1.82) is 0 Å². The largest absolute Gasteiger partial charge is 0.481 e. The van der Waals surface area contributed by atoms with E-state index >= 15 is 0 Å². The maximum Gasteiger partial charge on any atom is 0.265 e. The summed E-state index contributed by atoms with van der Waals surface area (Å²) >= 11 is 0. The fourth-order valence-electron chi connectivity index (χ4n) is 3.82. The highest BCUT2D eigenvalue weighted by atomic mass is 16.5. The Kier molecular flexibility index (Phi) is 9.34. The number of hydrogen-bond acceptors (Lipinski definition) is 4. The van der Waals surface area contributed by atoms with Gasteiger partial charge in [0.05, 0.1) is 11.3 Å². The number of Topliss-reactive ketones (excluding diaryl/α,β-unsaturated/α-hetero) is 1. The van der Waals surface area contributed by atoms with Crippen molar-refractivity contribution in [2.45, 2.75) is 79.1 Å². The molecule has 0 unspecified atom stereocenters. The van der Waals surface area contributed by atoms with E-state index in [1.165, 1.54) is 13.8 Å². The number of nitrogens with zero attached hydrogens (tertiary/aromatic N) is 2. The van der Waals surface area contributed by atoms with E-state index in [1.807, 2.05) is 6.07 Å². The van der Waals surface area contributed by atoms with Crippen LogP contribution in [0, 0.1) is 0 Å². The van der Waals surface area contributed by atoms with Crippen molar-refractivity contribution < 1.29 is 19.1 Å². The number of benzene rings is 1. The number of anilines is 2. The highest BCUT2D eigenvalue weighted by Crippen LogP contribution is 2.40. The van der Waals surface area contributed by atoms with Gasteiger partial charge in [-0.15, -0.1) is 0 Å². The van der Waals surface area contributed by atoms with Crippen LogP contribution in [0.4, 0.5) is 11.4 Å². The van der Waals surface area contributed by atoms with Crippen molar-refractivity contribution in [3.8, 4) is 5.75 Å². The third-order valence-corrected chi connectivity index (χ3v) is 5.53. The Morgan fingerprint density at radius 3 is 2.27 bits per heavy atom. The summed E-state index contributed by atoms with van der Waals surface area (Å²) in [6, 6.07) is 3.56. The number of ketones is 1. The van der Waals surface area contributed by atoms with Gasteiger partial charge in [0.15, 0.2) is 18.1 Å². The van der Waals surface area contributed by atoms with Gasteiger partial charge in [0, 0.05) is 25.7 Å². The van der Waals surface area contributed by atoms with E-state index in [2.05, 4.69) is 13.8 Å². The van der Waals surface area contributed by atoms with Gasteiger partial charge in [0.25, 0.3) is 5.91 Å². The summed E-state index contributed by atoms with van der Waals surface area (Å²) in [5.74, 6) is 0.139. The molecule has 166 valence electrons. The molecule has 30 heavy (non-hydrogen) atoms. The molecule has 0 radical (unpaired) electrons. The molecule has 1 aromatic carbocycles. The number of unbranched alkanes of at least 4 members (excludes halogenated alkanes) is 6. The quantitative estimate of drug-likeness (QED) is 0.350. The zero-order valence-electron chi connectivity index (χ0n) is 19.0. The maximum absolute atomic E-state index is 12.6. The highest BCUT2D eigenvalue weighted by molar-refractivity contribution is 6.06. The summed E-state index contributed by atoms with van der Waals surface area (Å²) in [7, 11) is 0. The molecule has 0 bridgehead atoms. The molecular weight excluding hydrogens is 380 g/mol. The normalized spacial score (nSPS) is 13.1. The number of hydrogen-bond donors (Lipinski definition) is 0. The first-order valence-corrected chi connectivity index (χ1v) is 11.3. The Hall–Kier alpha value is -2.37. The van der Waals surface area contributed by atoms with E-state index in [9.17, 15) is 14.4 Å². The first-order chi connectivity index (χ1) is 14.4. The molecule has 1 aliphatic heterocycles. The monoisotopic (exact) mass is 416 g/mol. The molecule has 2 amide bonds. The van der Waals surface area contributed by atoms with Crippen LogP contribution in [0.3, 0.4) is 0 Å². The van der Waals surface area contributed by atoms with E-state index in [-0.39, 0.29) is 24.2 Å². The van der Waals surface area contributed by atoms with Crippen LogP contribution in [0.15, 0.2) is 12.1 Å². The number of amides is 2. The molecule has 0 fully saturated rings. The van der Waals surface area contributed by atoms with Gasteiger partial charge >= 0.3 is 0 Å². The van der Waals surface area contributed by atoms with E-state index < -0.39 is 0 Å². The zero-order valence-corrected chi connectivity index (χ0v) is 19.0. The molecule has 2 rings (SSSR count). The highest BCUT2D eigenvalue weighted by Gasteiger charge is 2.30. The number of fused-ring (bicyclic) bond motifs is 1. The molecule has 1 aliphatic rings. The van der Waals surface area contributed by atoms with Crippen LogP contribution in [-0.4, -0.2) is 37.3 Å². The fraction of sp³-hybridized carbons (Fsp3) is 0.625. The lowest BCUT2D eigenvalue weighted by Crippen LogP contribution is -2.40. The van der Waals surface area contributed by atoms with E-state index in [4.69, 9.17) is 4.74 Å². The Labute approximate surface area is 180 Å². The SMILES string of the molecule is CCCCCCN(C(C)=O)c1cc(C(C)=O)c2c(c1)N(CCCCCC)C(=O)CO2. The van der Waals surface area contributed by atoms with Gasteiger partial charge < -0.3 is 14.5 Å². The van der Waals surface area contributed by atoms with Gasteiger partial charge in [-0.25, -0.2) is 0 Å². The number of rotatable bonds is 12. The van der Waals surface area contributed by atoms with Gasteiger partial charge in [-0.2, -0.15) is 0 Å². The van der Waals surface area contributed by atoms with Gasteiger partial charge in [-0.05, 0) is 31.9 Å². The lowest BCUT2D eigenvalue weighted by atomic mass is 10.0.